The molecule has 2 rings (SSSR count). The summed E-state index contributed by atoms with van der Waals surface area (Å²) in [5, 5.41) is 0. The molecule has 1 atom stereocenters. The van der Waals surface area contributed by atoms with Gasteiger partial charge in [0.1, 0.15) is 12.4 Å². The molecule has 1 fully saturated rings. The molecular weight excluding hydrogens is 234 g/mol. The van der Waals surface area contributed by atoms with Crippen LogP contribution in [0.15, 0.2) is 18.2 Å². The summed E-state index contributed by atoms with van der Waals surface area (Å²) in [5.41, 5.74) is 2.55. The van der Waals surface area contributed by atoms with E-state index >= 15 is 0 Å². The lowest BCUT2D eigenvalue weighted by Gasteiger charge is -2.35. The fourth-order valence-electron chi connectivity index (χ4n) is 2.98. The molecule has 1 aliphatic rings. The van der Waals surface area contributed by atoms with Gasteiger partial charge in [-0.1, -0.05) is 31.0 Å². The van der Waals surface area contributed by atoms with Gasteiger partial charge < -0.3 is 4.74 Å². The van der Waals surface area contributed by atoms with Crippen LogP contribution >= 0.6 is 0 Å². The minimum Gasteiger partial charge on any atom is -0.492 e. The van der Waals surface area contributed by atoms with Crippen molar-refractivity contribution in [1.82, 2.24) is 4.90 Å². The average molecular weight is 261 g/mol. The Morgan fingerprint density at radius 2 is 2.11 bits per heavy atom. The molecule has 0 spiro atoms. The highest BCUT2D eigenvalue weighted by molar-refractivity contribution is 5.35. The molecule has 1 aliphatic heterocycles. The molecule has 1 heterocycles. The molecule has 1 saturated heterocycles. The van der Waals surface area contributed by atoms with Gasteiger partial charge in [-0.05, 0) is 57.8 Å². The number of piperidine rings is 1. The Bertz CT molecular complexity index is 400. The number of rotatable bonds is 5. The third-order valence-corrected chi connectivity index (χ3v) is 4.02. The normalized spacial score (nSPS) is 20.5. The molecule has 0 aliphatic carbocycles. The molecule has 0 saturated carbocycles. The number of ether oxygens (including phenoxy) is 1. The fourth-order valence-corrected chi connectivity index (χ4v) is 2.98. The zero-order valence-corrected chi connectivity index (χ0v) is 12.6. The van der Waals surface area contributed by atoms with Crippen molar-refractivity contribution >= 4 is 0 Å². The van der Waals surface area contributed by atoms with Crippen LogP contribution in [-0.2, 0) is 0 Å². The molecule has 1 aromatic rings. The summed E-state index contributed by atoms with van der Waals surface area (Å²) in [5.74, 6) is 1.05. The van der Waals surface area contributed by atoms with Gasteiger partial charge in [-0.15, -0.1) is 0 Å². The van der Waals surface area contributed by atoms with Gasteiger partial charge >= 0.3 is 0 Å². The smallest absolute Gasteiger partial charge is 0.122 e. The van der Waals surface area contributed by atoms with Gasteiger partial charge in [0.05, 0.1) is 0 Å². The van der Waals surface area contributed by atoms with Crippen LogP contribution in [0.4, 0.5) is 0 Å². The van der Waals surface area contributed by atoms with Crippen LogP contribution in [0.3, 0.4) is 0 Å². The highest BCUT2D eigenvalue weighted by Gasteiger charge is 2.22. The van der Waals surface area contributed by atoms with E-state index in [-0.39, 0.29) is 0 Å². The van der Waals surface area contributed by atoms with Crippen molar-refractivity contribution in [3.8, 4) is 5.75 Å². The summed E-state index contributed by atoms with van der Waals surface area (Å²) in [7, 11) is 0. The zero-order valence-electron chi connectivity index (χ0n) is 12.6. The van der Waals surface area contributed by atoms with Crippen molar-refractivity contribution in [2.24, 2.45) is 0 Å². The maximum Gasteiger partial charge on any atom is 0.122 e. The van der Waals surface area contributed by atoms with E-state index in [9.17, 15) is 0 Å². The summed E-state index contributed by atoms with van der Waals surface area (Å²) in [4.78, 5) is 2.60. The number of hydrogen-bond acceptors (Lipinski definition) is 2. The third-order valence-electron chi connectivity index (χ3n) is 4.02. The van der Waals surface area contributed by atoms with Crippen molar-refractivity contribution in [1.29, 1.82) is 0 Å². The van der Waals surface area contributed by atoms with Gasteiger partial charge in [-0.3, -0.25) is 4.90 Å². The van der Waals surface area contributed by atoms with Crippen molar-refractivity contribution in [2.45, 2.75) is 52.5 Å². The summed E-state index contributed by atoms with van der Waals surface area (Å²) in [6.07, 6.45) is 5.21. The van der Waals surface area contributed by atoms with E-state index in [4.69, 9.17) is 4.74 Å². The van der Waals surface area contributed by atoms with Gasteiger partial charge in [0.2, 0.25) is 0 Å². The molecule has 0 aromatic heterocycles. The monoisotopic (exact) mass is 261 g/mol. The Kier molecular flexibility index (Phi) is 5.26. The minimum atomic E-state index is 0.606. The predicted octanol–water partition coefficient (Wildman–Crippen LogP) is 3.95. The summed E-state index contributed by atoms with van der Waals surface area (Å²) in [6.45, 7) is 9.81. The van der Waals surface area contributed by atoms with Crippen LogP contribution in [0.5, 0.6) is 5.75 Å². The van der Waals surface area contributed by atoms with Crippen LogP contribution < -0.4 is 4.74 Å². The van der Waals surface area contributed by atoms with Crippen molar-refractivity contribution in [3.63, 3.8) is 0 Å². The van der Waals surface area contributed by atoms with E-state index < -0.39 is 0 Å². The summed E-state index contributed by atoms with van der Waals surface area (Å²) < 4.78 is 6.07. The molecule has 1 aromatic carbocycles. The Morgan fingerprint density at radius 3 is 2.84 bits per heavy atom. The quantitative estimate of drug-likeness (QED) is 0.796. The van der Waals surface area contributed by atoms with Crippen molar-refractivity contribution in [3.05, 3.63) is 29.3 Å². The van der Waals surface area contributed by atoms with Crippen LogP contribution in [0.2, 0.25) is 0 Å². The van der Waals surface area contributed by atoms with E-state index in [0.29, 0.717) is 6.04 Å². The van der Waals surface area contributed by atoms with Crippen LogP contribution in [0.25, 0.3) is 0 Å². The highest BCUT2D eigenvalue weighted by atomic mass is 16.5. The lowest BCUT2D eigenvalue weighted by atomic mass is 10.0. The zero-order chi connectivity index (χ0) is 13.7. The first-order chi connectivity index (χ1) is 9.20. The van der Waals surface area contributed by atoms with Gasteiger partial charge in [-0.25, -0.2) is 0 Å². The second kappa shape index (κ2) is 6.95. The molecule has 0 bridgehead atoms. The SMILES string of the molecule is CCCN1CCCCC1COc1ccc(C)cc1C. The van der Waals surface area contributed by atoms with E-state index in [1.807, 2.05) is 0 Å². The van der Waals surface area contributed by atoms with Crippen molar-refractivity contribution < 1.29 is 4.74 Å². The Morgan fingerprint density at radius 1 is 1.26 bits per heavy atom. The third kappa shape index (κ3) is 3.97. The van der Waals surface area contributed by atoms with Gasteiger partial charge in [0.25, 0.3) is 0 Å². The van der Waals surface area contributed by atoms with Crippen LogP contribution in [0, 0.1) is 13.8 Å². The standard InChI is InChI=1S/C17H27NO/c1-4-10-18-11-6-5-7-16(18)13-19-17-9-8-14(2)12-15(17)3/h8-9,12,16H,4-7,10-11,13H2,1-3H3. The lowest BCUT2D eigenvalue weighted by molar-refractivity contribution is 0.0996. The summed E-state index contributed by atoms with van der Waals surface area (Å²) in [6, 6.07) is 7.04. The molecule has 0 radical (unpaired) electrons. The summed E-state index contributed by atoms with van der Waals surface area (Å²) >= 11 is 0. The number of nitrogens with zero attached hydrogens (tertiary/aromatic N) is 1. The number of likely N-dealkylation sites (tertiary alicyclic amines) is 1. The number of benzene rings is 1. The largest absolute Gasteiger partial charge is 0.492 e. The van der Waals surface area contributed by atoms with Crippen LogP contribution in [0.1, 0.15) is 43.7 Å². The molecule has 19 heavy (non-hydrogen) atoms. The number of hydrogen-bond donors (Lipinski definition) is 0. The molecule has 0 amide bonds. The lowest BCUT2D eigenvalue weighted by Crippen LogP contribution is -2.43. The Hall–Kier alpha value is -1.02. The average Bonchev–Trinajstić information content (AvgIpc) is 2.40. The minimum absolute atomic E-state index is 0.606. The molecule has 1 unspecified atom stereocenters. The van der Waals surface area contributed by atoms with Crippen LogP contribution in [-0.4, -0.2) is 30.6 Å². The maximum absolute atomic E-state index is 6.07. The maximum atomic E-state index is 6.07. The predicted molar refractivity (Wildman–Crippen MR) is 80.9 cm³/mol. The topological polar surface area (TPSA) is 12.5 Å². The molecule has 0 N–H and O–H groups in total. The first kappa shape index (κ1) is 14.4. The van der Waals surface area contributed by atoms with E-state index in [1.54, 1.807) is 0 Å². The second-order valence-electron chi connectivity index (χ2n) is 5.77. The fraction of sp³-hybridized carbons (Fsp3) is 0.647. The first-order valence-corrected chi connectivity index (χ1v) is 7.65. The van der Waals surface area contributed by atoms with Gasteiger partial charge in [0.15, 0.2) is 0 Å². The first-order valence-electron chi connectivity index (χ1n) is 7.65. The van der Waals surface area contributed by atoms with E-state index in [0.717, 1.165) is 12.4 Å². The molecular formula is C17H27NO. The van der Waals surface area contributed by atoms with Crippen molar-refractivity contribution in [2.75, 3.05) is 19.7 Å². The van der Waals surface area contributed by atoms with E-state index in [2.05, 4.69) is 43.9 Å². The molecule has 106 valence electrons. The highest BCUT2D eigenvalue weighted by Crippen LogP contribution is 2.22. The molecule has 2 heteroatoms. The second-order valence-corrected chi connectivity index (χ2v) is 5.77. The Labute approximate surface area is 117 Å². The number of aryl methyl sites for hydroxylation is 2. The molecule has 2 nitrogen and oxygen atoms in total. The van der Waals surface area contributed by atoms with Gasteiger partial charge in [-0.2, -0.15) is 0 Å². The van der Waals surface area contributed by atoms with Gasteiger partial charge in [0, 0.05) is 6.04 Å². The Balaban J connectivity index is 1.92. The van der Waals surface area contributed by atoms with E-state index in [1.165, 1.54) is 49.9 Å².